The Balaban J connectivity index is 1.90. The van der Waals surface area contributed by atoms with E-state index in [4.69, 9.17) is 0 Å². The fourth-order valence-corrected chi connectivity index (χ4v) is 3.92. The highest BCUT2D eigenvalue weighted by molar-refractivity contribution is 9.11. The molecule has 112 valence electrons. The summed E-state index contributed by atoms with van der Waals surface area (Å²) in [5.74, 6) is -0.0953. The number of hydrogen-bond acceptors (Lipinski definition) is 3. The lowest BCUT2D eigenvalue weighted by Gasteiger charge is -2.40. The first-order chi connectivity index (χ1) is 9.21. The summed E-state index contributed by atoms with van der Waals surface area (Å²) in [6, 6.07) is 1.87. The molecule has 1 amide bonds. The largest absolute Gasteiger partial charge is 0.388 e. The highest BCUT2D eigenvalue weighted by atomic mass is 79.9. The summed E-state index contributed by atoms with van der Waals surface area (Å²) < 4.78 is 0.987. The molecule has 3 nitrogen and oxygen atoms in total. The average Bonchev–Trinajstić information content (AvgIpc) is 2.71. The minimum absolute atomic E-state index is 0.0953. The number of amides is 1. The topological polar surface area (TPSA) is 49.3 Å². The monoisotopic (exact) mass is 359 g/mol. The maximum absolute atomic E-state index is 12.1. The van der Waals surface area contributed by atoms with E-state index >= 15 is 0 Å². The van der Waals surface area contributed by atoms with Crippen LogP contribution in [0.4, 0.5) is 0 Å². The van der Waals surface area contributed by atoms with Crippen molar-refractivity contribution in [2.75, 3.05) is 6.54 Å². The fourth-order valence-electron chi connectivity index (χ4n) is 2.47. The number of hydrogen-bond donors (Lipinski definition) is 2. The highest BCUT2D eigenvalue weighted by Crippen LogP contribution is 2.39. The number of carbonyl (C=O) groups excluding carboxylic acids is 1. The molecule has 0 aromatic carbocycles. The first-order valence-corrected chi connectivity index (χ1v) is 8.58. The van der Waals surface area contributed by atoms with E-state index in [0.29, 0.717) is 16.8 Å². The van der Waals surface area contributed by atoms with Crippen molar-refractivity contribution in [2.45, 2.75) is 52.1 Å². The maximum Gasteiger partial charge on any atom is 0.261 e. The third kappa shape index (κ3) is 3.83. The number of nitrogens with one attached hydrogen (secondary N) is 1. The molecule has 0 aliphatic heterocycles. The molecule has 1 saturated carbocycles. The Labute approximate surface area is 132 Å². The zero-order valence-electron chi connectivity index (χ0n) is 12.3. The molecule has 20 heavy (non-hydrogen) atoms. The van der Waals surface area contributed by atoms with Gasteiger partial charge < -0.3 is 10.4 Å². The summed E-state index contributed by atoms with van der Waals surface area (Å²) in [4.78, 5) is 12.8. The van der Waals surface area contributed by atoms with Crippen LogP contribution in [0.2, 0.25) is 0 Å². The normalized spacial score (nSPS) is 20.6. The molecule has 1 aliphatic rings. The molecule has 1 aliphatic carbocycles. The Bertz CT molecular complexity index is 480. The number of rotatable bonds is 3. The van der Waals surface area contributed by atoms with Crippen LogP contribution in [0, 0.1) is 12.3 Å². The van der Waals surface area contributed by atoms with Gasteiger partial charge in [0.05, 0.1) is 14.3 Å². The van der Waals surface area contributed by atoms with Crippen LogP contribution in [0.5, 0.6) is 0 Å². The van der Waals surface area contributed by atoms with E-state index in [2.05, 4.69) is 35.1 Å². The van der Waals surface area contributed by atoms with Crippen LogP contribution in [-0.2, 0) is 0 Å². The van der Waals surface area contributed by atoms with Crippen molar-refractivity contribution in [1.82, 2.24) is 5.32 Å². The molecule has 1 fully saturated rings. The van der Waals surface area contributed by atoms with Gasteiger partial charge in [0, 0.05) is 6.54 Å². The van der Waals surface area contributed by atoms with E-state index in [1.54, 1.807) is 0 Å². The Morgan fingerprint density at radius 3 is 2.50 bits per heavy atom. The lowest BCUT2D eigenvalue weighted by atomic mass is 9.71. The quantitative estimate of drug-likeness (QED) is 0.860. The van der Waals surface area contributed by atoms with E-state index < -0.39 is 5.60 Å². The van der Waals surface area contributed by atoms with Gasteiger partial charge >= 0.3 is 0 Å². The first kappa shape index (κ1) is 16.0. The molecule has 2 rings (SSSR count). The van der Waals surface area contributed by atoms with Crippen LogP contribution in [0.25, 0.3) is 0 Å². The van der Waals surface area contributed by atoms with Crippen LogP contribution in [0.15, 0.2) is 9.85 Å². The molecule has 0 unspecified atom stereocenters. The molecule has 1 aromatic heterocycles. The van der Waals surface area contributed by atoms with Gasteiger partial charge in [0.2, 0.25) is 0 Å². The second-order valence-electron chi connectivity index (χ2n) is 6.64. The fraction of sp³-hybridized carbons (Fsp3) is 0.667. The predicted molar refractivity (Wildman–Crippen MR) is 86.3 cm³/mol. The van der Waals surface area contributed by atoms with Crippen molar-refractivity contribution < 1.29 is 9.90 Å². The van der Waals surface area contributed by atoms with Crippen LogP contribution >= 0.6 is 27.3 Å². The molecular formula is C15H22BrNO2S. The van der Waals surface area contributed by atoms with Gasteiger partial charge in [0.25, 0.3) is 5.91 Å². The lowest BCUT2D eigenvalue weighted by molar-refractivity contribution is -0.0232. The Morgan fingerprint density at radius 2 is 2.00 bits per heavy atom. The van der Waals surface area contributed by atoms with E-state index in [1.807, 2.05) is 13.0 Å². The van der Waals surface area contributed by atoms with Gasteiger partial charge in [-0.2, -0.15) is 0 Å². The Hall–Kier alpha value is -0.390. The summed E-state index contributed by atoms with van der Waals surface area (Å²) in [6.45, 7) is 6.78. The number of thiophene rings is 1. The molecular weight excluding hydrogens is 338 g/mol. The van der Waals surface area contributed by atoms with Gasteiger partial charge in [-0.3, -0.25) is 4.79 Å². The molecule has 1 aromatic rings. The van der Waals surface area contributed by atoms with Crippen molar-refractivity contribution in [3.63, 3.8) is 0 Å². The summed E-state index contributed by atoms with van der Waals surface area (Å²) >= 11 is 4.85. The van der Waals surface area contributed by atoms with Gasteiger partial charge in [-0.25, -0.2) is 0 Å². The molecule has 0 atom stereocenters. The Morgan fingerprint density at radius 1 is 1.40 bits per heavy atom. The van der Waals surface area contributed by atoms with Crippen LogP contribution in [0.1, 0.15) is 54.8 Å². The predicted octanol–water partition coefficient (Wildman–Crippen LogP) is 3.88. The maximum atomic E-state index is 12.1. The van der Waals surface area contributed by atoms with Gasteiger partial charge in [0.15, 0.2) is 0 Å². The van der Waals surface area contributed by atoms with Crippen LogP contribution in [0.3, 0.4) is 0 Å². The molecule has 0 radical (unpaired) electrons. The molecule has 0 bridgehead atoms. The number of carbonyl (C=O) groups is 1. The van der Waals surface area contributed by atoms with Crippen molar-refractivity contribution in [2.24, 2.45) is 5.41 Å². The molecule has 1 heterocycles. The first-order valence-electron chi connectivity index (χ1n) is 6.97. The van der Waals surface area contributed by atoms with Crippen molar-refractivity contribution in [3.8, 4) is 0 Å². The standard InChI is InChI=1S/C15H22BrNO2S/c1-10-8-11(20-12(10)16)13(18)17-9-15(19)6-4-14(2,3)5-7-15/h8,19H,4-7,9H2,1-3H3,(H,17,18). The third-order valence-electron chi connectivity index (χ3n) is 4.19. The van der Waals surface area contributed by atoms with Gasteiger partial charge in [-0.05, 0) is 65.6 Å². The minimum Gasteiger partial charge on any atom is -0.388 e. The summed E-state index contributed by atoms with van der Waals surface area (Å²) in [5.41, 5.74) is 0.638. The van der Waals surface area contributed by atoms with E-state index in [-0.39, 0.29) is 5.91 Å². The lowest BCUT2D eigenvalue weighted by Crippen LogP contribution is -2.46. The SMILES string of the molecule is Cc1cc(C(=O)NCC2(O)CCC(C)(C)CC2)sc1Br. The van der Waals surface area contributed by atoms with Crippen LogP contribution < -0.4 is 5.32 Å². The van der Waals surface area contributed by atoms with Gasteiger partial charge in [-0.1, -0.05) is 13.8 Å². The number of aryl methyl sites for hydroxylation is 1. The molecule has 5 heteroatoms. The highest BCUT2D eigenvalue weighted by Gasteiger charge is 2.36. The number of halogens is 1. The van der Waals surface area contributed by atoms with E-state index in [9.17, 15) is 9.90 Å². The summed E-state index contributed by atoms with van der Waals surface area (Å²) in [5, 5.41) is 13.4. The zero-order valence-corrected chi connectivity index (χ0v) is 14.7. The van der Waals surface area contributed by atoms with E-state index in [0.717, 1.165) is 35.0 Å². The summed E-state index contributed by atoms with van der Waals surface area (Å²) in [6.07, 6.45) is 3.52. The second-order valence-corrected chi connectivity index (χ2v) is 9.01. The van der Waals surface area contributed by atoms with Crippen molar-refractivity contribution >= 4 is 33.2 Å². The van der Waals surface area contributed by atoms with Crippen molar-refractivity contribution in [3.05, 3.63) is 20.3 Å². The summed E-state index contributed by atoms with van der Waals surface area (Å²) in [7, 11) is 0. The zero-order chi connectivity index (χ0) is 15.0. The minimum atomic E-state index is -0.741. The van der Waals surface area contributed by atoms with Crippen molar-refractivity contribution in [1.29, 1.82) is 0 Å². The molecule has 0 spiro atoms. The second kappa shape index (κ2) is 5.78. The number of aliphatic hydroxyl groups is 1. The van der Waals surface area contributed by atoms with E-state index in [1.165, 1.54) is 11.3 Å². The average molecular weight is 360 g/mol. The Kier molecular flexibility index (Phi) is 4.62. The van der Waals surface area contributed by atoms with Crippen LogP contribution in [-0.4, -0.2) is 23.2 Å². The van der Waals surface area contributed by atoms with Gasteiger partial charge in [0.1, 0.15) is 0 Å². The molecule has 0 saturated heterocycles. The molecule has 2 N–H and O–H groups in total. The smallest absolute Gasteiger partial charge is 0.261 e. The van der Waals surface area contributed by atoms with Gasteiger partial charge in [-0.15, -0.1) is 11.3 Å². The third-order valence-corrected chi connectivity index (χ3v) is 6.33.